The molecular formula is C12H11ClO. The molecule has 72 valence electrons. The summed E-state index contributed by atoms with van der Waals surface area (Å²) in [4.78, 5) is 11.4. The summed E-state index contributed by atoms with van der Waals surface area (Å²) in [5, 5.41) is 0.777. The summed E-state index contributed by atoms with van der Waals surface area (Å²) in [6.45, 7) is 0. The molecule has 3 aliphatic carbocycles. The van der Waals surface area contributed by atoms with Gasteiger partial charge in [0.25, 0.3) is 0 Å². The Kier molecular flexibility index (Phi) is 1.58. The molecule has 3 fully saturated rings. The monoisotopic (exact) mass is 206 g/mol. The van der Waals surface area contributed by atoms with E-state index in [0.29, 0.717) is 11.7 Å². The highest BCUT2D eigenvalue weighted by Gasteiger charge is 2.56. The fourth-order valence-corrected chi connectivity index (χ4v) is 3.08. The number of rotatable bonds is 1. The van der Waals surface area contributed by atoms with E-state index in [0.717, 1.165) is 24.3 Å². The summed E-state index contributed by atoms with van der Waals surface area (Å²) in [7, 11) is 0. The highest BCUT2D eigenvalue weighted by Crippen LogP contribution is 2.57. The van der Waals surface area contributed by atoms with Crippen molar-refractivity contribution in [2.45, 2.75) is 24.7 Å². The second kappa shape index (κ2) is 2.60. The lowest BCUT2D eigenvalue weighted by molar-refractivity contribution is -0.119. The number of carbonyl (C=O) groups excluding carboxylic acids is 1. The van der Waals surface area contributed by atoms with Crippen molar-refractivity contribution in [3.05, 3.63) is 34.9 Å². The first-order chi connectivity index (χ1) is 6.70. The van der Waals surface area contributed by atoms with E-state index < -0.39 is 0 Å². The summed E-state index contributed by atoms with van der Waals surface area (Å²) in [5.41, 5.74) is 1.42. The lowest BCUT2D eigenvalue weighted by atomic mass is 9.65. The summed E-state index contributed by atoms with van der Waals surface area (Å²) in [5.74, 6) is 0.805. The number of halogens is 1. The summed E-state index contributed by atoms with van der Waals surface area (Å²) >= 11 is 5.95. The zero-order valence-corrected chi connectivity index (χ0v) is 8.55. The largest absolute Gasteiger partial charge is 0.299 e. The average Bonchev–Trinajstić information content (AvgIpc) is 2.56. The Morgan fingerprint density at radius 1 is 1.36 bits per heavy atom. The van der Waals surface area contributed by atoms with Crippen molar-refractivity contribution in [1.82, 2.24) is 0 Å². The maximum atomic E-state index is 11.4. The number of fused-ring (bicyclic) bond motifs is 1. The van der Waals surface area contributed by atoms with E-state index in [4.69, 9.17) is 11.6 Å². The Balaban J connectivity index is 2.01. The van der Waals surface area contributed by atoms with Crippen LogP contribution in [0.15, 0.2) is 24.3 Å². The molecule has 0 N–H and O–H groups in total. The maximum Gasteiger partial charge on any atom is 0.136 e. The number of hydrogen-bond acceptors (Lipinski definition) is 1. The Morgan fingerprint density at radius 2 is 2.14 bits per heavy atom. The van der Waals surface area contributed by atoms with Gasteiger partial charge in [-0.2, -0.15) is 0 Å². The van der Waals surface area contributed by atoms with Crippen molar-refractivity contribution in [2.75, 3.05) is 0 Å². The number of Topliss-reactive ketones (excluding diaryl/α,β-unsaturated/α-hetero) is 1. The van der Waals surface area contributed by atoms with Crippen molar-refractivity contribution in [2.24, 2.45) is 5.92 Å². The van der Waals surface area contributed by atoms with Crippen LogP contribution in [0.5, 0.6) is 0 Å². The zero-order valence-electron chi connectivity index (χ0n) is 7.79. The van der Waals surface area contributed by atoms with Crippen LogP contribution in [0.25, 0.3) is 0 Å². The van der Waals surface area contributed by atoms with Gasteiger partial charge in [0, 0.05) is 22.8 Å². The van der Waals surface area contributed by atoms with Gasteiger partial charge in [-0.25, -0.2) is 0 Å². The van der Waals surface area contributed by atoms with Gasteiger partial charge in [0.05, 0.1) is 0 Å². The van der Waals surface area contributed by atoms with Crippen molar-refractivity contribution in [1.29, 1.82) is 0 Å². The van der Waals surface area contributed by atoms with Gasteiger partial charge < -0.3 is 0 Å². The van der Waals surface area contributed by atoms with Crippen LogP contribution in [-0.4, -0.2) is 5.78 Å². The molecule has 0 spiro atoms. The van der Waals surface area contributed by atoms with Crippen molar-refractivity contribution >= 4 is 17.4 Å². The second-order valence-electron chi connectivity index (χ2n) is 4.54. The van der Waals surface area contributed by atoms with Gasteiger partial charge in [0.2, 0.25) is 0 Å². The van der Waals surface area contributed by atoms with E-state index in [9.17, 15) is 4.79 Å². The minimum atomic E-state index is 0.159. The van der Waals surface area contributed by atoms with Crippen LogP contribution in [0, 0.1) is 5.92 Å². The van der Waals surface area contributed by atoms with Crippen LogP contribution in [0.2, 0.25) is 5.02 Å². The number of benzene rings is 1. The molecule has 14 heavy (non-hydrogen) atoms. The SMILES string of the molecule is O=C1CC2(c3cccc(Cl)c3)CC1C2. The van der Waals surface area contributed by atoms with Gasteiger partial charge >= 0.3 is 0 Å². The first-order valence-electron chi connectivity index (χ1n) is 4.98. The van der Waals surface area contributed by atoms with E-state index in [1.165, 1.54) is 5.56 Å². The molecule has 0 saturated heterocycles. The molecule has 2 bridgehead atoms. The molecule has 1 nitrogen and oxygen atoms in total. The molecule has 0 aromatic heterocycles. The smallest absolute Gasteiger partial charge is 0.136 e. The van der Waals surface area contributed by atoms with Gasteiger partial charge in [0.15, 0.2) is 0 Å². The topological polar surface area (TPSA) is 17.1 Å². The lowest BCUT2D eigenvalue weighted by Crippen LogP contribution is -2.32. The van der Waals surface area contributed by atoms with Crippen LogP contribution < -0.4 is 0 Å². The maximum absolute atomic E-state index is 11.4. The molecule has 3 saturated carbocycles. The molecule has 1 aromatic rings. The van der Waals surface area contributed by atoms with Gasteiger partial charge in [0.1, 0.15) is 5.78 Å². The van der Waals surface area contributed by atoms with E-state index in [-0.39, 0.29) is 5.41 Å². The average molecular weight is 207 g/mol. The highest BCUT2D eigenvalue weighted by atomic mass is 35.5. The Bertz CT molecular complexity index is 405. The van der Waals surface area contributed by atoms with E-state index in [1.807, 2.05) is 18.2 Å². The number of ketones is 1. The zero-order chi connectivity index (χ0) is 9.76. The minimum Gasteiger partial charge on any atom is -0.299 e. The molecule has 0 unspecified atom stereocenters. The first kappa shape index (κ1) is 8.49. The van der Waals surface area contributed by atoms with E-state index >= 15 is 0 Å². The van der Waals surface area contributed by atoms with Gasteiger partial charge in [-0.05, 0) is 30.5 Å². The van der Waals surface area contributed by atoms with E-state index in [2.05, 4.69) is 6.07 Å². The third-order valence-corrected chi connectivity index (χ3v) is 3.91. The molecule has 4 rings (SSSR count). The van der Waals surface area contributed by atoms with E-state index in [1.54, 1.807) is 0 Å². The summed E-state index contributed by atoms with van der Waals surface area (Å²) in [6, 6.07) is 7.97. The molecular weight excluding hydrogens is 196 g/mol. The highest BCUT2D eigenvalue weighted by molar-refractivity contribution is 6.30. The molecule has 1 aromatic carbocycles. The molecule has 2 heteroatoms. The predicted octanol–water partition coefficient (Wildman–Crippen LogP) is 2.96. The number of carbonyl (C=O) groups is 1. The Hall–Kier alpha value is -0.820. The molecule has 0 amide bonds. The molecule has 0 heterocycles. The summed E-state index contributed by atoms with van der Waals surface area (Å²) in [6.07, 6.45) is 2.83. The van der Waals surface area contributed by atoms with Crippen LogP contribution in [0.4, 0.5) is 0 Å². The first-order valence-corrected chi connectivity index (χ1v) is 5.36. The van der Waals surface area contributed by atoms with Gasteiger partial charge in [-0.1, -0.05) is 23.7 Å². The fraction of sp³-hybridized carbons (Fsp3) is 0.417. The fourth-order valence-electron chi connectivity index (χ4n) is 2.89. The lowest BCUT2D eigenvalue weighted by Gasteiger charge is -2.37. The van der Waals surface area contributed by atoms with Crippen molar-refractivity contribution in [3.63, 3.8) is 0 Å². The van der Waals surface area contributed by atoms with Crippen LogP contribution >= 0.6 is 11.6 Å². The minimum absolute atomic E-state index is 0.159. The van der Waals surface area contributed by atoms with Gasteiger partial charge in [-0.3, -0.25) is 4.79 Å². The van der Waals surface area contributed by atoms with Crippen molar-refractivity contribution in [3.8, 4) is 0 Å². The third-order valence-electron chi connectivity index (χ3n) is 3.68. The molecule has 0 atom stereocenters. The van der Waals surface area contributed by atoms with Crippen LogP contribution in [-0.2, 0) is 10.2 Å². The Labute approximate surface area is 88.1 Å². The van der Waals surface area contributed by atoms with Crippen molar-refractivity contribution < 1.29 is 4.79 Å². The molecule has 3 aliphatic rings. The third kappa shape index (κ3) is 0.992. The van der Waals surface area contributed by atoms with Crippen LogP contribution in [0.1, 0.15) is 24.8 Å². The Morgan fingerprint density at radius 3 is 2.71 bits per heavy atom. The molecule has 0 aliphatic heterocycles. The van der Waals surface area contributed by atoms with Crippen LogP contribution in [0.3, 0.4) is 0 Å². The predicted molar refractivity (Wildman–Crippen MR) is 55.5 cm³/mol. The molecule has 0 radical (unpaired) electrons. The number of hydrogen-bond donors (Lipinski definition) is 0. The quantitative estimate of drug-likeness (QED) is 0.691. The second-order valence-corrected chi connectivity index (χ2v) is 4.98. The summed E-state index contributed by atoms with van der Waals surface area (Å²) < 4.78 is 0. The normalized spacial score (nSPS) is 34.4. The standard InChI is InChI=1S/C12H11ClO/c13-10-3-1-2-9(4-10)12-5-8(6-12)11(14)7-12/h1-4,8H,5-7H2. The van der Waals surface area contributed by atoms with Gasteiger partial charge in [-0.15, -0.1) is 0 Å².